The first-order valence-corrected chi connectivity index (χ1v) is 9.97. The molecule has 0 unspecified atom stereocenters. The number of fused-ring (bicyclic) bond motifs is 2. The van der Waals surface area contributed by atoms with Gasteiger partial charge in [-0.25, -0.2) is 14.8 Å². The largest absolute Gasteiger partial charge is 0.323 e. The smallest absolute Gasteiger partial charge is 0.299 e. The molecule has 2 aromatic rings. The van der Waals surface area contributed by atoms with Gasteiger partial charge in [-0.2, -0.15) is 5.43 Å². The molecule has 0 spiro atoms. The van der Waals surface area contributed by atoms with Gasteiger partial charge in [-0.1, -0.05) is 72.4 Å². The predicted molar refractivity (Wildman–Crippen MR) is 107 cm³/mol. The molecule has 7 nitrogen and oxygen atoms in total. The minimum absolute atomic E-state index is 0.0730. The van der Waals surface area contributed by atoms with Crippen molar-refractivity contribution in [2.45, 2.75) is 11.3 Å². The summed E-state index contributed by atoms with van der Waals surface area (Å²) in [5, 5.41) is 2.07. The second-order valence-corrected chi connectivity index (χ2v) is 7.98. The number of rotatable bonds is 2. The third-order valence-corrected chi connectivity index (χ3v) is 6.65. The molecule has 3 heterocycles. The molecule has 142 valence electrons. The molecule has 0 bridgehead atoms. The lowest BCUT2D eigenvalue weighted by Gasteiger charge is -2.51. The molecule has 5 rings (SSSR count). The lowest BCUT2D eigenvalue weighted by molar-refractivity contribution is -0.133. The van der Waals surface area contributed by atoms with E-state index in [0.717, 1.165) is 11.1 Å². The fraction of sp³-hybridized carbons (Fsp3) is 0.250. The van der Waals surface area contributed by atoms with E-state index in [1.807, 2.05) is 60.7 Å². The maximum atomic E-state index is 13.3. The Kier molecular flexibility index (Phi) is 3.59. The van der Waals surface area contributed by atoms with E-state index in [0.29, 0.717) is 10.9 Å². The molecule has 2 saturated heterocycles. The van der Waals surface area contributed by atoms with E-state index >= 15 is 0 Å². The van der Waals surface area contributed by atoms with Crippen LogP contribution < -0.4 is 5.43 Å². The van der Waals surface area contributed by atoms with Crippen LogP contribution in [0.4, 0.5) is 4.79 Å². The Balaban J connectivity index is 1.89. The molecule has 28 heavy (non-hydrogen) atoms. The number of thioether (sulfide) groups is 1. The predicted octanol–water partition coefficient (Wildman–Crippen LogP) is 2.14. The van der Waals surface area contributed by atoms with Crippen molar-refractivity contribution < 1.29 is 9.59 Å². The highest BCUT2D eigenvalue weighted by molar-refractivity contribution is 8.15. The zero-order valence-electron chi connectivity index (χ0n) is 15.5. The quantitative estimate of drug-likeness (QED) is 0.849. The summed E-state index contributed by atoms with van der Waals surface area (Å²) < 4.78 is 0. The number of amides is 3. The summed E-state index contributed by atoms with van der Waals surface area (Å²) >= 11 is 1.38. The second-order valence-electron chi connectivity index (χ2n) is 7.04. The second kappa shape index (κ2) is 5.83. The number of aliphatic imine (C=N–C) groups is 1. The molecule has 8 heteroatoms. The van der Waals surface area contributed by atoms with Gasteiger partial charge in [0.2, 0.25) is 5.66 Å². The lowest BCUT2D eigenvalue weighted by Crippen LogP contribution is -2.71. The molecule has 3 aliphatic heterocycles. The molecule has 0 radical (unpaired) electrons. The first kappa shape index (κ1) is 17.3. The standard InChI is InChI=1S/C20H19N5O2S/c1-23-18(27)24(2)20(15-11-7-4-8-12-15)19(23,14-9-5-3-6-10-14)21-17-25(22-20)16(26)13-28-17/h3-12,22H,13H2,1-2H3/t19-,20+/m0/s1. The van der Waals surface area contributed by atoms with Gasteiger partial charge in [-0.05, 0) is 5.56 Å². The van der Waals surface area contributed by atoms with Crippen LogP contribution in [-0.2, 0) is 16.1 Å². The fourth-order valence-electron chi connectivity index (χ4n) is 4.42. The van der Waals surface area contributed by atoms with Crippen LogP contribution in [0.5, 0.6) is 0 Å². The van der Waals surface area contributed by atoms with Crippen molar-refractivity contribution in [3.05, 3.63) is 71.8 Å². The Morgan fingerprint density at radius 3 is 2.18 bits per heavy atom. The first-order valence-electron chi connectivity index (χ1n) is 8.98. The van der Waals surface area contributed by atoms with Crippen LogP contribution in [0.25, 0.3) is 0 Å². The molecule has 3 aliphatic rings. The first-order chi connectivity index (χ1) is 13.5. The number of hydrogen-bond acceptors (Lipinski definition) is 5. The van der Waals surface area contributed by atoms with Crippen LogP contribution in [-0.4, -0.2) is 51.8 Å². The van der Waals surface area contributed by atoms with Crippen molar-refractivity contribution in [3.63, 3.8) is 0 Å². The third-order valence-electron chi connectivity index (χ3n) is 5.73. The van der Waals surface area contributed by atoms with Crippen LogP contribution in [0, 0.1) is 0 Å². The van der Waals surface area contributed by atoms with Crippen molar-refractivity contribution in [1.82, 2.24) is 20.2 Å². The number of carbonyl (C=O) groups is 2. The molecule has 3 amide bonds. The summed E-state index contributed by atoms with van der Waals surface area (Å²) in [5.74, 6) is 0.249. The summed E-state index contributed by atoms with van der Waals surface area (Å²) in [6, 6.07) is 19.3. The molecular weight excluding hydrogens is 374 g/mol. The number of likely N-dealkylation sites (N-methyl/N-ethyl adjacent to an activating group) is 2. The van der Waals surface area contributed by atoms with E-state index in [4.69, 9.17) is 4.99 Å². The molecule has 0 aliphatic carbocycles. The molecule has 1 N–H and O–H groups in total. The van der Waals surface area contributed by atoms with Crippen molar-refractivity contribution in [2.75, 3.05) is 19.8 Å². The van der Waals surface area contributed by atoms with E-state index in [9.17, 15) is 9.59 Å². The van der Waals surface area contributed by atoms with Gasteiger partial charge in [0, 0.05) is 19.7 Å². The maximum Gasteiger partial charge on any atom is 0.323 e. The monoisotopic (exact) mass is 393 g/mol. The Morgan fingerprint density at radius 2 is 1.54 bits per heavy atom. The fourth-order valence-corrected chi connectivity index (χ4v) is 5.28. The summed E-state index contributed by atoms with van der Waals surface area (Å²) in [4.78, 5) is 34.2. The van der Waals surface area contributed by atoms with Crippen LogP contribution in [0.2, 0.25) is 0 Å². The highest BCUT2D eigenvalue weighted by Gasteiger charge is 2.70. The van der Waals surface area contributed by atoms with Gasteiger partial charge in [-0.3, -0.25) is 14.6 Å². The van der Waals surface area contributed by atoms with Crippen LogP contribution in [0.15, 0.2) is 65.7 Å². The summed E-state index contributed by atoms with van der Waals surface area (Å²) in [5.41, 5.74) is 2.99. The van der Waals surface area contributed by atoms with Gasteiger partial charge in [0.15, 0.2) is 10.8 Å². The van der Waals surface area contributed by atoms with E-state index in [-0.39, 0.29) is 11.9 Å². The van der Waals surface area contributed by atoms with Gasteiger partial charge in [-0.15, -0.1) is 0 Å². The topological polar surface area (TPSA) is 68.2 Å². The molecule has 0 saturated carbocycles. The van der Waals surface area contributed by atoms with Crippen LogP contribution in [0.1, 0.15) is 11.1 Å². The van der Waals surface area contributed by atoms with E-state index in [2.05, 4.69) is 5.43 Å². The normalized spacial score (nSPS) is 29.1. The minimum Gasteiger partial charge on any atom is -0.299 e. The molecular formula is C20H19N5O2S. The van der Waals surface area contributed by atoms with E-state index in [1.165, 1.54) is 16.8 Å². The molecule has 2 aromatic carbocycles. The Morgan fingerprint density at radius 1 is 0.929 bits per heavy atom. The number of nitrogens with zero attached hydrogens (tertiary/aromatic N) is 4. The zero-order chi connectivity index (χ0) is 19.5. The van der Waals surface area contributed by atoms with Crippen molar-refractivity contribution in [1.29, 1.82) is 0 Å². The lowest BCUT2D eigenvalue weighted by atomic mass is 9.80. The minimum atomic E-state index is -1.08. The zero-order valence-corrected chi connectivity index (χ0v) is 16.3. The van der Waals surface area contributed by atoms with Crippen molar-refractivity contribution >= 4 is 28.9 Å². The average Bonchev–Trinajstić information content (AvgIpc) is 3.18. The highest BCUT2D eigenvalue weighted by atomic mass is 32.2. The van der Waals surface area contributed by atoms with Crippen molar-refractivity contribution in [2.24, 2.45) is 4.99 Å². The maximum absolute atomic E-state index is 13.3. The summed E-state index contributed by atoms with van der Waals surface area (Å²) in [7, 11) is 3.51. The Labute approximate surface area is 167 Å². The molecule has 0 aromatic heterocycles. The molecule has 2 atom stereocenters. The van der Waals surface area contributed by atoms with Gasteiger partial charge < -0.3 is 0 Å². The van der Waals surface area contributed by atoms with E-state index < -0.39 is 11.3 Å². The molecule has 2 fully saturated rings. The van der Waals surface area contributed by atoms with Crippen LogP contribution in [0.3, 0.4) is 0 Å². The Bertz CT molecular complexity index is 998. The third kappa shape index (κ3) is 1.91. The van der Waals surface area contributed by atoms with Gasteiger partial charge >= 0.3 is 6.03 Å². The van der Waals surface area contributed by atoms with Crippen molar-refractivity contribution in [3.8, 4) is 0 Å². The number of carbonyl (C=O) groups excluding carboxylic acids is 2. The van der Waals surface area contributed by atoms with E-state index in [1.54, 1.807) is 23.9 Å². The van der Waals surface area contributed by atoms with Gasteiger partial charge in [0.1, 0.15) is 0 Å². The van der Waals surface area contributed by atoms with Crippen LogP contribution >= 0.6 is 11.8 Å². The van der Waals surface area contributed by atoms with Gasteiger partial charge in [0.05, 0.1) is 5.75 Å². The van der Waals surface area contributed by atoms with Gasteiger partial charge in [0.25, 0.3) is 5.91 Å². The Hall–Kier alpha value is -2.84. The number of hydrogen-bond donors (Lipinski definition) is 1. The highest BCUT2D eigenvalue weighted by Crippen LogP contribution is 2.55. The summed E-state index contributed by atoms with van der Waals surface area (Å²) in [6.45, 7) is 0. The number of nitrogens with one attached hydrogen (secondary N) is 1. The number of benzene rings is 2. The number of hydrazine groups is 1. The number of amidine groups is 1. The summed E-state index contributed by atoms with van der Waals surface area (Å²) in [6.07, 6.45) is 0. The number of urea groups is 1. The SMILES string of the molecule is CN1C(=O)N(C)[C@]2(c3ccccc3)N=C3SCC(=O)N3N[C@]12c1ccccc1. The average molecular weight is 393 g/mol.